The molecule has 1 amide bonds. The maximum Gasteiger partial charge on any atom is 0.322 e. The first-order valence-electron chi connectivity index (χ1n) is 8.93. The molecule has 1 atom stereocenters. The second-order valence-corrected chi connectivity index (χ2v) is 7.47. The molecule has 0 saturated carbocycles. The van der Waals surface area contributed by atoms with Gasteiger partial charge in [-0.25, -0.2) is 0 Å². The van der Waals surface area contributed by atoms with Crippen LogP contribution in [0.1, 0.15) is 35.3 Å². The summed E-state index contributed by atoms with van der Waals surface area (Å²) in [6.07, 6.45) is 0. The van der Waals surface area contributed by atoms with Crippen LogP contribution in [0.5, 0.6) is 0 Å². The Kier molecular flexibility index (Phi) is 4.89. The van der Waals surface area contributed by atoms with Crippen molar-refractivity contribution >= 4 is 23.4 Å². The van der Waals surface area contributed by atoms with E-state index in [0.717, 1.165) is 16.7 Å². The SMILES string of the molecule is Cc1ccccc1-c1ccc2c(c1)C(=O)C(C(=O)NCC(=O)O)C(=O)C2(C)C. The number of Topliss-reactive ketones (excluding diaryl/α,β-unsaturated/α-hetero) is 2. The lowest BCUT2D eigenvalue weighted by Gasteiger charge is -2.34. The highest BCUT2D eigenvalue weighted by Crippen LogP contribution is 2.39. The van der Waals surface area contributed by atoms with Gasteiger partial charge < -0.3 is 10.4 Å². The number of carbonyl (C=O) groups excluding carboxylic acids is 3. The summed E-state index contributed by atoms with van der Waals surface area (Å²) in [5, 5.41) is 10.9. The Labute approximate surface area is 162 Å². The molecule has 1 aliphatic carbocycles. The third-order valence-electron chi connectivity index (χ3n) is 5.23. The third kappa shape index (κ3) is 3.22. The van der Waals surface area contributed by atoms with Gasteiger partial charge in [-0.3, -0.25) is 19.2 Å². The minimum Gasteiger partial charge on any atom is -0.480 e. The highest BCUT2D eigenvalue weighted by Gasteiger charge is 2.49. The number of ketones is 2. The fraction of sp³-hybridized carbons (Fsp3) is 0.273. The number of rotatable bonds is 4. The first kappa shape index (κ1) is 19.5. The summed E-state index contributed by atoms with van der Waals surface area (Å²) in [7, 11) is 0. The molecule has 0 heterocycles. The second kappa shape index (κ2) is 7.03. The molecule has 0 fully saturated rings. The molecule has 1 unspecified atom stereocenters. The zero-order chi connectivity index (χ0) is 20.6. The molecule has 0 aliphatic heterocycles. The normalized spacial score (nSPS) is 17.8. The van der Waals surface area contributed by atoms with E-state index < -0.39 is 41.3 Å². The van der Waals surface area contributed by atoms with Gasteiger partial charge >= 0.3 is 5.97 Å². The highest BCUT2D eigenvalue weighted by molar-refractivity contribution is 6.29. The lowest BCUT2D eigenvalue weighted by atomic mass is 9.66. The van der Waals surface area contributed by atoms with Crippen molar-refractivity contribution in [2.24, 2.45) is 5.92 Å². The van der Waals surface area contributed by atoms with Gasteiger partial charge in [0.15, 0.2) is 17.5 Å². The average molecular weight is 379 g/mol. The number of benzene rings is 2. The topological polar surface area (TPSA) is 101 Å². The van der Waals surface area contributed by atoms with Crippen molar-refractivity contribution in [1.29, 1.82) is 0 Å². The molecule has 144 valence electrons. The summed E-state index contributed by atoms with van der Waals surface area (Å²) < 4.78 is 0. The zero-order valence-electron chi connectivity index (χ0n) is 15.9. The summed E-state index contributed by atoms with van der Waals surface area (Å²) in [6.45, 7) is 4.66. The van der Waals surface area contributed by atoms with Gasteiger partial charge in [-0.1, -0.05) is 36.4 Å². The van der Waals surface area contributed by atoms with Gasteiger partial charge in [0.2, 0.25) is 5.91 Å². The van der Waals surface area contributed by atoms with Gasteiger partial charge in [0, 0.05) is 5.56 Å². The number of fused-ring (bicyclic) bond motifs is 1. The van der Waals surface area contributed by atoms with Gasteiger partial charge in [-0.15, -0.1) is 0 Å². The number of carboxylic acid groups (broad SMARTS) is 1. The summed E-state index contributed by atoms with van der Waals surface area (Å²) in [6, 6.07) is 13.1. The van der Waals surface area contributed by atoms with Gasteiger partial charge in [0.25, 0.3) is 0 Å². The molecule has 6 nitrogen and oxygen atoms in total. The van der Waals surface area contributed by atoms with Crippen molar-refractivity contribution in [2.45, 2.75) is 26.2 Å². The largest absolute Gasteiger partial charge is 0.480 e. The Hall–Kier alpha value is -3.28. The van der Waals surface area contributed by atoms with Crippen molar-refractivity contribution in [3.8, 4) is 11.1 Å². The standard InChI is InChI=1S/C22H21NO5/c1-12-6-4-5-7-14(12)13-8-9-16-15(10-13)19(26)18(20(27)22(16,2)3)21(28)23-11-17(24)25/h4-10,18H,11H2,1-3H3,(H,23,28)(H,24,25). The van der Waals surface area contributed by atoms with Crippen molar-refractivity contribution in [3.63, 3.8) is 0 Å². The molecule has 1 aliphatic rings. The number of carbonyl (C=O) groups is 4. The number of hydrogen-bond acceptors (Lipinski definition) is 4. The summed E-state index contributed by atoms with van der Waals surface area (Å²) >= 11 is 0. The van der Waals surface area contributed by atoms with Crippen LogP contribution in [0.3, 0.4) is 0 Å². The fourth-order valence-electron chi connectivity index (χ4n) is 3.63. The van der Waals surface area contributed by atoms with Crippen LogP contribution in [0.15, 0.2) is 42.5 Å². The van der Waals surface area contributed by atoms with Gasteiger partial charge in [0.05, 0.1) is 5.41 Å². The van der Waals surface area contributed by atoms with E-state index in [1.54, 1.807) is 26.0 Å². The maximum atomic E-state index is 13.0. The van der Waals surface area contributed by atoms with Crippen molar-refractivity contribution in [1.82, 2.24) is 5.32 Å². The van der Waals surface area contributed by atoms with E-state index in [-0.39, 0.29) is 0 Å². The van der Waals surface area contributed by atoms with Gasteiger partial charge in [-0.2, -0.15) is 0 Å². The van der Waals surface area contributed by atoms with E-state index in [2.05, 4.69) is 5.32 Å². The Bertz CT molecular complexity index is 1010. The molecule has 2 aromatic rings. The summed E-state index contributed by atoms with van der Waals surface area (Å²) in [5.74, 6) is -4.80. The predicted molar refractivity (Wildman–Crippen MR) is 103 cm³/mol. The molecule has 2 aromatic carbocycles. The molecule has 3 rings (SSSR count). The Morgan fingerprint density at radius 1 is 1.07 bits per heavy atom. The predicted octanol–water partition coefficient (Wildman–Crippen LogP) is 2.52. The quantitative estimate of drug-likeness (QED) is 0.795. The third-order valence-corrected chi connectivity index (χ3v) is 5.23. The first-order valence-corrected chi connectivity index (χ1v) is 8.93. The number of nitrogens with one attached hydrogen (secondary N) is 1. The molecule has 0 aromatic heterocycles. The van der Waals surface area contributed by atoms with Crippen molar-refractivity contribution in [2.75, 3.05) is 6.54 Å². The zero-order valence-corrected chi connectivity index (χ0v) is 15.9. The number of aryl methyl sites for hydroxylation is 1. The van der Waals surface area contributed by atoms with E-state index in [4.69, 9.17) is 5.11 Å². The number of amides is 1. The molecular formula is C22H21NO5. The second-order valence-electron chi connectivity index (χ2n) is 7.47. The number of carboxylic acids is 1. The van der Waals surface area contributed by atoms with Crippen LogP contribution in [0.4, 0.5) is 0 Å². The average Bonchev–Trinajstić information content (AvgIpc) is 2.65. The fourth-order valence-corrected chi connectivity index (χ4v) is 3.63. The molecule has 2 N–H and O–H groups in total. The molecule has 0 radical (unpaired) electrons. The van der Waals surface area contributed by atoms with E-state index in [1.165, 1.54) is 0 Å². The first-order chi connectivity index (χ1) is 13.1. The number of hydrogen-bond donors (Lipinski definition) is 2. The lowest BCUT2D eigenvalue weighted by Crippen LogP contribution is -2.51. The molecule has 28 heavy (non-hydrogen) atoms. The van der Waals surface area contributed by atoms with Crippen LogP contribution in [0.2, 0.25) is 0 Å². The maximum absolute atomic E-state index is 13.0. The Morgan fingerprint density at radius 3 is 2.39 bits per heavy atom. The van der Waals surface area contributed by atoms with Crippen LogP contribution in [-0.4, -0.2) is 35.1 Å². The highest BCUT2D eigenvalue weighted by atomic mass is 16.4. The van der Waals surface area contributed by atoms with Crippen LogP contribution < -0.4 is 5.32 Å². The van der Waals surface area contributed by atoms with Crippen molar-refractivity contribution in [3.05, 3.63) is 59.2 Å². The molecule has 0 bridgehead atoms. The molecular weight excluding hydrogens is 358 g/mol. The van der Waals surface area contributed by atoms with Crippen LogP contribution in [0.25, 0.3) is 11.1 Å². The van der Waals surface area contributed by atoms with E-state index >= 15 is 0 Å². The van der Waals surface area contributed by atoms with Gasteiger partial charge in [0.1, 0.15) is 6.54 Å². The minimum atomic E-state index is -1.55. The van der Waals surface area contributed by atoms with Crippen LogP contribution in [0, 0.1) is 12.8 Å². The summed E-state index contributed by atoms with van der Waals surface area (Å²) in [4.78, 5) is 49.1. The number of aliphatic carboxylic acids is 1. The Balaban J connectivity index is 2.08. The monoisotopic (exact) mass is 379 g/mol. The smallest absolute Gasteiger partial charge is 0.322 e. The summed E-state index contributed by atoms with van der Waals surface area (Å²) in [5.41, 5.74) is 2.66. The Morgan fingerprint density at radius 2 is 1.75 bits per heavy atom. The van der Waals surface area contributed by atoms with Crippen molar-refractivity contribution < 1.29 is 24.3 Å². The van der Waals surface area contributed by atoms with E-state index in [0.29, 0.717) is 11.1 Å². The van der Waals surface area contributed by atoms with Gasteiger partial charge in [-0.05, 0) is 49.1 Å². The van der Waals surface area contributed by atoms with Crippen LogP contribution >= 0.6 is 0 Å². The van der Waals surface area contributed by atoms with E-state index in [1.807, 2.05) is 37.3 Å². The molecule has 0 spiro atoms. The minimum absolute atomic E-state index is 0.320. The van der Waals surface area contributed by atoms with E-state index in [9.17, 15) is 19.2 Å². The molecule has 0 saturated heterocycles. The molecule has 6 heteroatoms. The van der Waals surface area contributed by atoms with Crippen LogP contribution in [-0.2, 0) is 19.8 Å². The lowest BCUT2D eigenvalue weighted by molar-refractivity contribution is -0.140.